The number of hydrogen-bond acceptors (Lipinski definition) is 4. The van der Waals surface area contributed by atoms with Gasteiger partial charge in [-0.1, -0.05) is 25.7 Å². The molecule has 2 fully saturated rings. The molecule has 0 aromatic heterocycles. The van der Waals surface area contributed by atoms with Crippen molar-refractivity contribution in [3.05, 3.63) is 29.8 Å². The number of carbonyl (C=O) groups excluding carboxylic acids is 3. The van der Waals surface area contributed by atoms with Crippen molar-refractivity contribution in [2.24, 2.45) is 0 Å². The molecular formula is C23H34N4O3. The summed E-state index contributed by atoms with van der Waals surface area (Å²) in [6.07, 6.45) is 8.48. The lowest BCUT2D eigenvalue weighted by Crippen LogP contribution is -2.53. The number of amides is 3. The Morgan fingerprint density at radius 1 is 1.00 bits per heavy atom. The molecule has 164 valence electrons. The Labute approximate surface area is 179 Å². The number of likely N-dealkylation sites (N-methyl/N-ethyl adjacent to an activating group) is 1. The molecule has 1 aromatic carbocycles. The van der Waals surface area contributed by atoms with Crippen molar-refractivity contribution >= 4 is 23.4 Å². The molecule has 2 N–H and O–H groups in total. The van der Waals surface area contributed by atoms with Gasteiger partial charge in [0.2, 0.25) is 11.8 Å². The number of carbonyl (C=O) groups is 3. The number of nitrogens with zero attached hydrogens (tertiary/aromatic N) is 2. The summed E-state index contributed by atoms with van der Waals surface area (Å²) in [4.78, 5) is 40.5. The van der Waals surface area contributed by atoms with Crippen molar-refractivity contribution in [2.75, 3.05) is 38.6 Å². The fourth-order valence-corrected chi connectivity index (χ4v) is 4.47. The summed E-state index contributed by atoms with van der Waals surface area (Å²) in [7, 11) is 4.16. The molecule has 0 unspecified atom stereocenters. The second kappa shape index (κ2) is 10.1. The van der Waals surface area contributed by atoms with Crippen molar-refractivity contribution in [3.8, 4) is 0 Å². The SMILES string of the molecule is CN(C)C1(CNC(=O)CNC(=O)c2ccc(N3CCCC3=O)cc2)CCCCCC1. The maximum atomic E-state index is 12.4. The van der Waals surface area contributed by atoms with E-state index in [-0.39, 0.29) is 29.8 Å². The molecule has 1 heterocycles. The standard InChI is InChI=1S/C23H34N4O3/c1-26(2)23(13-5-3-4-6-14-23)17-25-20(28)16-24-22(30)18-9-11-19(12-10-18)27-15-7-8-21(27)29/h9-12H,3-8,13-17H2,1-2H3,(H,24,30)(H,25,28). The molecule has 1 aliphatic heterocycles. The van der Waals surface area contributed by atoms with E-state index in [0.29, 0.717) is 18.5 Å². The third-order valence-electron chi connectivity index (χ3n) is 6.52. The van der Waals surface area contributed by atoms with Crippen LogP contribution in [0.25, 0.3) is 0 Å². The van der Waals surface area contributed by atoms with Crippen molar-refractivity contribution in [2.45, 2.75) is 56.9 Å². The number of rotatable bonds is 7. The summed E-state index contributed by atoms with van der Waals surface area (Å²) in [6, 6.07) is 6.96. The van der Waals surface area contributed by atoms with Crippen LogP contribution < -0.4 is 15.5 Å². The maximum Gasteiger partial charge on any atom is 0.251 e. The maximum absolute atomic E-state index is 12.4. The van der Waals surface area contributed by atoms with Crippen LogP contribution in [0.1, 0.15) is 61.7 Å². The number of nitrogens with one attached hydrogen (secondary N) is 2. The third-order valence-corrected chi connectivity index (χ3v) is 6.52. The fraction of sp³-hybridized carbons (Fsp3) is 0.609. The number of benzene rings is 1. The second-order valence-corrected chi connectivity index (χ2v) is 8.69. The zero-order valence-electron chi connectivity index (χ0n) is 18.2. The Bertz CT molecular complexity index is 752. The van der Waals surface area contributed by atoms with Gasteiger partial charge in [-0.25, -0.2) is 0 Å². The second-order valence-electron chi connectivity index (χ2n) is 8.69. The summed E-state index contributed by atoms with van der Waals surface area (Å²) in [6.45, 7) is 1.28. The Morgan fingerprint density at radius 2 is 1.67 bits per heavy atom. The predicted octanol–water partition coefficient (Wildman–Crippen LogP) is 2.31. The zero-order valence-corrected chi connectivity index (χ0v) is 18.2. The molecule has 1 aromatic rings. The van der Waals surface area contributed by atoms with Gasteiger partial charge >= 0.3 is 0 Å². The van der Waals surface area contributed by atoms with Crippen LogP contribution in [0.5, 0.6) is 0 Å². The molecule has 2 aliphatic rings. The Kier molecular flexibility index (Phi) is 7.48. The molecule has 7 nitrogen and oxygen atoms in total. The van der Waals surface area contributed by atoms with Crippen LogP contribution in [0.15, 0.2) is 24.3 Å². The van der Waals surface area contributed by atoms with Crippen LogP contribution in [0.4, 0.5) is 5.69 Å². The number of anilines is 1. The minimum absolute atomic E-state index is 0.000985. The summed E-state index contributed by atoms with van der Waals surface area (Å²) in [5.74, 6) is -0.345. The molecule has 3 rings (SSSR count). The number of hydrogen-bond donors (Lipinski definition) is 2. The van der Waals surface area contributed by atoms with Crippen LogP contribution in [-0.2, 0) is 9.59 Å². The predicted molar refractivity (Wildman–Crippen MR) is 117 cm³/mol. The van der Waals surface area contributed by atoms with Crippen molar-refractivity contribution in [1.82, 2.24) is 15.5 Å². The third kappa shape index (κ3) is 5.39. The highest BCUT2D eigenvalue weighted by molar-refractivity contribution is 5.98. The molecule has 0 atom stereocenters. The molecule has 3 amide bonds. The van der Waals surface area contributed by atoms with Gasteiger partial charge in [-0.2, -0.15) is 0 Å². The average molecular weight is 415 g/mol. The molecule has 0 bridgehead atoms. The lowest BCUT2D eigenvalue weighted by atomic mass is 9.88. The molecule has 1 saturated carbocycles. The Hall–Kier alpha value is -2.41. The minimum atomic E-state index is -0.291. The van der Waals surface area contributed by atoms with Crippen LogP contribution in [0.3, 0.4) is 0 Å². The minimum Gasteiger partial charge on any atom is -0.353 e. The molecular weight excluding hydrogens is 380 g/mol. The van der Waals surface area contributed by atoms with E-state index in [2.05, 4.69) is 29.6 Å². The topological polar surface area (TPSA) is 81.8 Å². The lowest BCUT2D eigenvalue weighted by molar-refractivity contribution is -0.121. The van der Waals surface area contributed by atoms with Crippen molar-refractivity contribution in [3.63, 3.8) is 0 Å². The Morgan fingerprint density at radius 3 is 2.23 bits per heavy atom. The normalized spacial score (nSPS) is 18.9. The van der Waals surface area contributed by atoms with Gasteiger partial charge in [-0.05, 0) is 57.6 Å². The average Bonchev–Trinajstić information content (AvgIpc) is 3.02. The van der Waals surface area contributed by atoms with E-state index in [9.17, 15) is 14.4 Å². The zero-order chi connectivity index (χ0) is 21.6. The van der Waals surface area contributed by atoms with Gasteiger partial charge in [0.05, 0.1) is 6.54 Å². The highest BCUT2D eigenvalue weighted by Crippen LogP contribution is 2.30. The largest absolute Gasteiger partial charge is 0.353 e. The van der Waals surface area contributed by atoms with Gasteiger partial charge in [-0.15, -0.1) is 0 Å². The van der Waals surface area contributed by atoms with E-state index in [1.54, 1.807) is 29.2 Å². The smallest absolute Gasteiger partial charge is 0.251 e. The van der Waals surface area contributed by atoms with E-state index in [0.717, 1.165) is 31.5 Å². The van der Waals surface area contributed by atoms with Crippen LogP contribution in [0.2, 0.25) is 0 Å². The summed E-state index contributed by atoms with van der Waals surface area (Å²) in [5, 5.41) is 5.71. The van der Waals surface area contributed by atoms with Crippen molar-refractivity contribution in [1.29, 1.82) is 0 Å². The molecule has 30 heavy (non-hydrogen) atoms. The van der Waals surface area contributed by atoms with E-state index >= 15 is 0 Å². The van der Waals surface area contributed by atoms with Gasteiger partial charge in [0.25, 0.3) is 5.91 Å². The monoisotopic (exact) mass is 414 g/mol. The van der Waals surface area contributed by atoms with Gasteiger partial charge < -0.3 is 20.4 Å². The summed E-state index contributed by atoms with van der Waals surface area (Å²) < 4.78 is 0. The van der Waals surface area contributed by atoms with E-state index < -0.39 is 0 Å². The first-order chi connectivity index (χ1) is 14.4. The van der Waals surface area contributed by atoms with E-state index in [4.69, 9.17) is 0 Å². The van der Waals surface area contributed by atoms with Crippen molar-refractivity contribution < 1.29 is 14.4 Å². The molecule has 1 aliphatic carbocycles. The van der Waals surface area contributed by atoms with Gasteiger partial charge in [-0.3, -0.25) is 14.4 Å². The van der Waals surface area contributed by atoms with E-state index in [1.165, 1.54) is 25.7 Å². The van der Waals surface area contributed by atoms with Gasteiger partial charge in [0, 0.05) is 36.3 Å². The summed E-state index contributed by atoms with van der Waals surface area (Å²) in [5.41, 5.74) is 1.29. The first kappa shape index (κ1) is 22.3. The Balaban J connectivity index is 1.48. The highest BCUT2D eigenvalue weighted by atomic mass is 16.2. The molecule has 1 saturated heterocycles. The highest BCUT2D eigenvalue weighted by Gasteiger charge is 2.33. The fourth-order valence-electron chi connectivity index (χ4n) is 4.47. The van der Waals surface area contributed by atoms with Crippen LogP contribution in [0, 0.1) is 0 Å². The van der Waals surface area contributed by atoms with Crippen LogP contribution in [-0.4, -0.2) is 61.9 Å². The van der Waals surface area contributed by atoms with E-state index in [1.807, 2.05) is 0 Å². The first-order valence-electron chi connectivity index (χ1n) is 11.0. The van der Waals surface area contributed by atoms with Gasteiger partial charge in [0.1, 0.15) is 0 Å². The van der Waals surface area contributed by atoms with Gasteiger partial charge in [0.15, 0.2) is 0 Å². The molecule has 7 heteroatoms. The lowest BCUT2D eigenvalue weighted by Gasteiger charge is -2.39. The molecule has 0 spiro atoms. The van der Waals surface area contributed by atoms with Crippen LogP contribution >= 0.6 is 0 Å². The molecule has 0 radical (unpaired) electrons. The quantitative estimate of drug-likeness (QED) is 0.671. The first-order valence-corrected chi connectivity index (χ1v) is 11.0. The summed E-state index contributed by atoms with van der Waals surface area (Å²) >= 11 is 0.